The molecule has 0 atom stereocenters. The minimum absolute atomic E-state index is 0.0967. The highest BCUT2D eigenvalue weighted by Crippen LogP contribution is 2.22. The first kappa shape index (κ1) is 13.6. The Morgan fingerprint density at radius 2 is 2.00 bits per heavy atom. The lowest BCUT2D eigenvalue weighted by atomic mass is 10.1. The standard InChI is InChI=1S/C14H14ClNO3/c1-2-3-4-11-12(17)16-13(19-14(11)18)9-5-7-10(15)8-6-9/h5-8,17H,2-4H2,1H3. The van der Waals surface area contributed by atoms with Gasteiger partial charge in [0.25, 0.3) is 0 Å². The molecule has 0 saturated heterocycles. The third-order valence-electron chi connectivity index (χ3n) is 2.78. The second-order valence-corrected chi connectivity index (χ2v) is 4.66. The van der Waals surface area contributed by atoms with Crippen LogP contribution < -0.4 is 5.63 Å². The van der Waals surface area contributed by atoms with E-state index in [1.807, 2.05) is 6.92 Å². The Bertz CT molecular complexity index is 620. The number of hydrogen-bond donors (Lipinski definition) is 1. The fourth-order valence-corrected chi connectivity index (χ4v) is 1.84. The fraction of sp³-hybridized carbons (Fsp3) is 0.286. The van der Waals surface area contributed by atoms with Crippen LogP contribution in [-0.2, 0) is 6.42 Å². The molecule has 0 radical (unpaired) electrons. The van der Waals surface area contributed by atoms with E-state index in [2.05, 4.69) is 4.98 Å². The van der Waals surface area contributed by atoms with Crippen molar-refractivity contribution in [3.8, 4) is 17.3 Å². The normalized spacial score (nSPS) is 10.6. The van der Waals surface area contributed by atoms with E-state index < -0.39 is 5.63 Å². The van der Waals surface area contributed by atoms with Gasteiger partial charge in [-0.05, 0) is 37.1 Å². The Labute approximate surface area is 115 Å². The molecular weight excluding hydrogens is 266 g/mol. The van der Waals surface area contributed by atoms with E-state index >= 15 is 0 Å². The van der Waals surface area contributed by atoms with Crippen molar-refractivity contribution in [1.29, 1.82) is 0 Å². The molecule has 4 nitrogen and oxygen atoms in total. The number of aromatic hydroxyl groups is 1. The van der Waals surface area contributed by atoms with Crippen LogP contribution in [0.4, 0.5) is 0 Å². The molecule has 1 N–H and O–H groups in total. The Morgan fingerprint density at radius 1 is 1.32 bits per heavy atom. The van der Waals surface area contributed by atoms with Gasteiger partial charge in [0, 0.05) is 10.6 Å². The Hall–Kier alpha value is -1.81. The first-order valence-corrected chi connectivity index (χ1v) is 6.48. The van der Waals surface area contributed by atoms with Gasteiger partial charge in [-0.25, -0.2) is 4.79 Å². The van der Waals surface area contributed by atoms with E-state index in [1.54, 1.807) is 24.3 Å². The maximum absolute atomic E-state index is 11.8. The van der Waals surface area contributed by atoms with Gasteiger partial charge in [-0.3, -0.25) is 0 Å². The number of benzene rings is 1. The van der Waals surface area contributed by atoms with Crippen molar-refractivity contribution in [1.82, 2.24) is 4.98 Å². The number of halogens is 1. The Balaban J connectivity index is 2.39. The lowest BCUT2D eigenvalue weighted by molar-refractivity contribution is 0.408. The minimum Gasteiger partial charge on any atom is -0.493 e. The van der Waals surface area contributed by atoms with E-state index in [-0.39, 0.29) is 17.3 Å². The maximum Gasteiger partial charge on any atom is 0.346 e. The molecule has 0 aliphatic heterocycles. The van der Waals surface area contributed by atoms with Crippen LogP contribution in [0.25, 0.3) is 11.5 Å². The minimum atomic E-state index is -0.536. The number of rotatable bonds is 4. The SMILES string of the molecule is CCCCc1c(O)nc(-c2ccc(Cl)cc2)oc1=O. The Kier molecular flexibility index (Phi) is 4.22. The van der Waals surface area contributed by atoms with Gasteiger partial charge >= 0.3 is 5.63 Å². The Morgan fingerprint density at radius 3 is 2.58 bits per heavy atom. The first-order valence-electron chi connectivity index (χ1n) is 6.10. The van der Waals surface area contributed by atoms with E-state index in [0.717, 1.165) is 12.8 Å². The van der Waals surface area contributed by atoms with Gasteiger partial charge in [0.05, 0.1) is 5.56 Å². The van der Waals surface area contributed by atoms with E-state index in [1.165, 1.54) is 0 Å². The summed E-state index contributed by atoms with van der Waals surface area (Å²) < 4.78 is 5.14. The zero-order valence-corrected chi connectivity index (χ0v) is 11.3. The quantitative estimate of drug-likeness (QED) is 0.931. The molecule has 2 aromatic rings. The summed E-state index contributed by atoms with van der Waals surface area (Å²) in [6, 6.07) is 6.69. The third kappa shape index (κ3) is 3.15. The van der Waals surface area contributed by atoms with Crippen LogP contribution in [0.15, 0.2) is 33.5 Å². The van der Waals surface area contributed by atoms with Gasteiger partial charge in [-0.2, -0.15) is 4.98 Å². The predicted octanol–water partition coefficient (Wildman–Crippen LogP) is 3.40. The van der Waals surface area contributed by atoms with Crippen molar-refractivity contribution in [3.05, 3.63) is 45.3 Å². The molecule has 0 fully saturated rings. The first-order chi connectivity index (χ1) is 9.11. The summed E-state index contributed by atoms with van der Waals surface area (Å²) in [5.41, 5.74) is 0.296. The van der Waals surface area contributed by atoms with Crippen molar-refractivity contribution in [2.24, 2.45) is 0 Å². The van der Waals surface area contributed by atoms with Crippen molar-refractivity contribution in [3.63, 3.8) is 0 Å². The summed E-state index contributed by atoms with van der Waals surface area (Å²) in [6.45, 7) is 2.01. The van der Waals surface area contributed by atoms with Crippen molar-refractivity contribution < 1.29 is 9.52 Å². The van der Waals surface area contributed by atoms with Gasteiger partial charge in [0.1, 0.15) is 0 Å². The van der Waals surface area contributed by atoms with Gasteiger partial charge in [0.2, 0.25) is 11.8 Å². The molecule has 1 heterocycles. The summed E-state index contributed by atoms with van der Waals surface area (Å²) in [7, 11) is 0. The van der Waals surface area contributed by atoms with Gasteiger partial charge in [-0.15, -0.1) is 0 Å². The molecule has 1 aromatic heterocycles. The van der Waals surface area contributed by atoms with Gasteiger partial charge in [-0.1, -0.05) is 24.9 Å². The summed E-state index contributed by atoms with van der Waals surface area (Å²) in [4.78, 5) is 15.7. The zero-order chi connectivity index (χ0) is 13.8. The topological polar surface area (TPSA) is 63.3 Å². The number of unbranched alkanes of at least 4 members (excludes halogenated alkanes) is 1. The molecule has 5 heteroatoms. The molecule has 0 bridgehead atoms. The zero-order valence-electron chi connectivity index (χ0n) is 10.5. The maximum atomic E-state index is 11.8. The largest absolute Gasteiger partial charge is 0.493 e. The van der Waals surface area contributed by atoms with Crippen molar-refractivity contribution in [2.75, 3.05) is 0 Å². The molecule has 0 aliphatic carbocycles. The highest BCUT2D eigenvalue weighted by molar-refractivity contribution is 6.30. The number of nitrogens with zero attached hydrogens (tertiary/aromatic N) is 1. The summed E-state index contributed by atoms with van der Waals surface area (Å²) >= 11 is 5.78. The molecule has 1 aromatic carbocycles. The monoisotopic (exact) mass is 279 g/mol. The summed E-state index contributed by atoms with van der Waals surface area (Å²) in [6.07, 6.45) is 2.21. The van der Waals surface area contributed by atoms with Crippen LogP contribution in [-0.4, -0.2) is 10.1 Å². The lowest BCUT2D eigenvalue weighted by Crippen LogP contribution is -2.10. The molecule has 0 unspecified atom stereocenters. The van der Waals surface area contributed by atoms with E-state index in [9.17, 15) is 9.90 Å². The van der Waals surface area contributed by atoms with Crippen LogP contribution >= 0.6 is 11.6 Å². The van der Waals surface area contributed by atoms with Gasteiger partial charge < -0.3 is 9.52 Å². The van der Waals surface area contributed by atoms with E-state index in [0.29, 0.717) is 17.0 Å². The van der Waals surface area contributed by atoms with Crippen LogP contribution in [0.5, 0.6) is 5.88 Å². The average Bonchev–Trinajstić information content (AvgIpc) is 2.38. The fourth-order valence-electron chi connectivity index (χ4n) is 1.71. The second-order valence-electron chi connectivity index (χ2n) is 4.22. The summed E-state index contributed by atoms with van der Waals surface area (Å²) in [5, 5.41) is 10.4. The molecule has 2 rings (SSSR count). The van der Waals surface area contributed by atoms with Crippen LogP contribution in [0.2, 0.25) is 5.02 Å². The predicted molar refractivity (Wildman–Crippen MR) is 73.5 cm³/mol. The highest BCUT2D eigenvalue weighted by Gasteiger charge is 2.13. The van der Waals surface area contributed by atoms with Gasteiger partial charge in [0.15, 0.2) is 0 Å². The molecular formula is C14H14ClNO3. The molecule has 19 heavy (non-hydrogen) atoms. The molecule has 0 saturated carbocycles. The average molecular weight is 280 g/mol. The van der Waals surface area contributed by atoms with Crippen LogP contribution in [0.1, 0.15) is 25.3 Å². The smallest absolute Gasteiger partial charge is 0.346 e. The van der Waals surface area contributed by atoms with Crippen LogP contribution in [0, 0.1) is 0 Å². The summed E-state index contributed by atoms with van der Waals surface area (Å²) in [5.74, 6) is -0.158. The second kappa shape index (κ2) is 5.89. The number of hydrogen-bond acceptors (Lipinski definition) is 4. The highest BCUT2D eigenvalue weighted by atomic mass is 35.5. The third-order valence-corrected chi connectivity index (χ3v) is 3.04. The lowest BCUT2D eigenvalue weighted by Gasteiger charge is -2.04. The van der Waals surface area contributed by atoms with Crippen molar-refractivity contribution in [2.45, 2.75) is 26.2 Å². The molecule has 0 spiro atoms. The molecule has 0 amide bonds. The molecule has 0 aliphatic rings. The van der Waals surface area contributed by atoms with Crippen LogP contribution in [0.3, 0.4) is 0 Å². The number of aromatic nitrogens is 1. The molecule has 100 valence electrons. The van der Waals surface area contributed by atoms with Crippen molar-refractivity contribution >= 4 is 11.6 Å². The van der Waals surface area contributed by atoms with E-state index in [4.69, 9.17) is 16.0 Å².